The molecular weight excluding hydrogens is 581 g/mol. The molecule has 0 saturated heterocycles. The molecule has 0 aliphatic carbocycles. The third-order valence-electron chi connectivity index (χ3n) is 7.37. The van der Waals surface area contributed by atoms with Crippen LogP contribution in [0.15, 0.2) is 40.9 Å². The first-order chi connectivity index (χ1) is 19.9. The minimum atomic E-state index is -0.467. The summed E-state index contributed by atoms with van der Waals surface area (Å²) in [6.07, 6.45) is -0.225. The number of nitrogens with one attached hydrogen (secondary N) is 2. The Morgan fingerprint density at radius 2 is 1.95 bits per heavy atom. The summed E-state index contributed by atoms with van der Waals surface area (Å²) < 4.78 is 11.7. The molecule has 4 rings (SSSR count). The smallest absolute Gasteiger partial charge is 0.323 e. The molecule has 3 aromatic rings. The molecule has 0 fully saturated rings. The number of ether oxygens (including phenoxy) is 1. The van der Waals surface area contributed by atoms with Gasteiger partial charge in [-0.25, -0.2) is 4.79 Å². The Kier molecular flexibility index (Phi) is 10.4. The van der Waals surface area contributed by atoms with Crippen LogP contribution in [0.1, 0.15) is 36.4 Å². The minimum Gasteiger partial charge on any atom is -0.488 e. The molecule has 1 aliphatic rings. The number of benzene rings is 2. The summed E-state index contributed by atoms with van der Waals surface area (Å²) in [7, 11) is 2.00. The van der Waals surface area contributed by atoms with Gasteiger partial charge in [0.1, 0.15) is 23.2 Å². The van der Waals surface area contributed by atoms with Crippen molar-refractivity contribution in [2.75, 3.05) is 37.4 Å². The number of hydrogen-bond acceptors (Lipinski definition) is 7. The van der Waals surface area contributed by atoms with Crippen LogP contribution >= 0.6 is 23.2 Å². The maximum Gasteiger partial charge on any atom is 0.323 e. The Morgan fingerprint density at radius 1 is 1.19 bits per heavy atom. The number of aliphatic hydroxyl groups excluding tert-OH is 1. The van der Waals surface area contributed by atoms with Crippen molar-refractivity contribution in [3.8, 4) is 5.75 Å². The van der Waals surface area contributed by atoms with E-state index in [4.69, 9.17) is 32.5 Å². The van der Waals surface area contributed by atoms with Crippen molar-refractivity contribution >= 4 is 46.5 Å². The summed E-state index contributed by atoms with van der Waals surface area (Å²) in [5, 5.41) is 20.3. The molecule has 3 atom stereocenters. The minimum absolute atomic E-state index is 0.0521. The van der Waals surface area contributed by atoms with Gasteiger partial charge in [-0.15, -0.1) is 0 Å². The van der Waals surface area contributed by atoms with Gasteiger partial charge in [-0.2, -0.15) is 0 Å². The Balaban J connectivity index is 1.57. The predicted molar refractivity (Wildman–Crippen MR) is 163 cm³/mol. The van der Waals surface area contributed by atoms with Crippen molar-refractivity contribution in [3.05, 3.63) is 69.0 Å². The van der Waals surface area contributed by atoms with Gasteiger partial charge in [0, 0.05) is 36.8 Å². The molecule has 2 heterocycles. The molecule has 42 heavy (non-hydrogen) atoms. The second kappa shape index (κ2) is 13.8. The van der Waals surface area contributed by atoms with Gasteiger partial charge in [-0.1, -0.05) is 41.3 Å². The number of aliphatic hydroxyl groups is 1. The monoisotopic (exact) mass is 617 g/mol. The normalized spacial score (nSPS) is 18.0. The van der Waals surface area contributed by atoms with Crippen LogP contribution in [0.2, 0.25) is 10.0 Å². The van der Waals surface area contributed by atoms with Crippen molar-refractivity contribution in [1.29, 1.82) is 0 Å². The maximum absolute atomic E-state index is 13.5. The molecule has 2 aromatic carbocycles. The van der Waals surface area contributed by atoms with Gasteiger partial charge in [-0.3, -0.25) is 9.69 Å². The zero-order valence-electron chi connectivity index (χ0n) is 24.4. The van der Waals surface area contributed by atoms with Gasteiger partial charge in [0.15, 0.2) is 5.76 Å². The Bertz CT molecular complexity index is 1410. The zero-order chi connectivity index (χ0) is 30.6. The van der Waals surface area contributed by atoms with Crippen LogP contribution in [0.4, 0.5) is 16.2 Å². The number of halogens is 2. The van der Waals surface area contributed by atoms with Gasteiger partial charge in [0.05, 0.1) is 29.1 Å². The van der Waals surface area contributed by atoms with Crippen molar-refractivity contribution in [3.63, 3.8) is 0 Å². The van der Waals surface area contributed by atoms with Crippen LogP contribution < -0.4 is 15.4 Å². The number of hydrogen-bond donors (Lipinski definition) is 3. The molecule has 0 bridgehead atoms. The molecule has 1 aliphatic heterocycles. The van der Waals surface area contributed by atoms with E-state index in [9.17, 15) is 14.7 Å². The Labute approximate surface area is 255 Å². The van der Waals surface area contributed by atoms with Crippen molar-refractivity contribution in [2.24, 2.45) is 5.92 Å². The van der Waals surface area contributed by atoms with Gasteiger partial charge >= 0.3 is 6.03 Å². The summed E-state index contributed by atoms with van der Waals surface area (Å²) >= 11 is 12.3. The topological polar surface area (TPSA) is 120 Å². The number of anilines is 2. The number of aromatic nitrogens is 1. The number of likely N-dealkylation sites (N-methyl/N-ethyl adjacent to an activating group) is 1. The molecule has 226 valence electrons. The highest BCUT2D eigenvalue weighted by Gasteiger charge is 2.31. The van der Waals surface area contributed by atoms with Gasteiger partial charge < -0.3 is 29.9 Å². The van der Waals surface area contributed by atoms with Crippen molar-refractivity contribution < 1.29 is 24.0 Å². The van der Waals surface area contributed by atoms with E-state index in [2.05, 4.69) is 20.7 Å². The number of carbonyl (C=O) groups excluding carboxylic acids is 2. The summed E-state index contributed by atoms with van der Waals surface area (Å²) in [6, 6.07) is 10.00. The second-order valence-corrected chi connectivity index (χ2v) is 11.7. The SMILES string of the molecule is Cc1noc(C)c1NC(=O)Nc1ccc2c(c1)CC(=O)N([C@H](C)CO)C[C@H](C)[C@H](CN(C)Cc1ccc(Cl)c(Cl)c1)O2. The quantitative estimate of drug-likeness (QED) is 0.304. The standard InChI is InChI=1S/C30H37Cl2N5O5/c1-17-13-37(18(2)16-38)28(39)12-22-11-23(33-30(40)34-29-19(3)35-42-20(29)4)7-9-26(22)41-27(17)15-36(5)14-21-6-8-24(31)25(32)10-21/h6-11,17-18,27,38H,12-16H2,1-5H3,(H2,33,34,40)/t17-,18+,27-/m0/s1. The molecule has 10 nitrogen and oxygen atoms in total. The highest BCUT2D eigenvalue weighted by molar-refractivity contribution is 6.42. The van der Waals surface area contributed by atoms with Crippen LogP contribution in [-0.4, -0.2) is 70.9 Å². The largest absolute Gasteiger partial charge is 0.488 e. The second-order valence-electron chi connectivity index (χ2n) is 10.9. The van der Waals surface area contributed by atoms with Gasteiger partial charge in [0.2, 0.25) is 5.91 Å². The van der Waals surface area contributed by atoms with E-state index < -0.39 is 6.03 Å². The Morgan fingerprint density at radius 3 is 2.62 bits per heavy atom. The number of rotatable bonds is 8. The molecular formula is C30H37Cl2N5O5. The van der Waals surface area contributed by atoms with Crippen LogP contribution in [0.5, 0.6) is 5.75 Å². The molecule has 0 saturated carbocycles. The average molecular weight is 619 g/mol. The third kappa shape index (κ3) is 7.74. The summed E-state index contributed by atoms with van der Waals surface area (Å²) in [5.74, 6) is 0.885. The molecule has 3 N–H and O–H groups in total. The first-order valence-corrected chi connectivity index (χ1v) is 14.5. The first-order valence-electron chi connectivity index (χ1n) is 13.8. The highest BCUT2D eigenvalue weighted by Crippen LogP contribution is 2.30. The van der Waals surface area contributed by atoms with Gasteiger partial charge in [0.25, 0.3) is 0 Å². The highest BCUT2D eigenvalue weighted by atomic mass is 35.5. The lowest BCUT2D eigenvalue weighted by atomic mass is 10.0. The van der Waals surface area contributed by atoms with Gasteiger partial charge in [-0.05, 0) is 63.7 Å². The van der Waals surface area contributed by atoms with Crippen LogP contribution in [-0.2, 0) is 17.8 Å². The summed E-state index contributed by atoms with van der Waals surface area (Å²) in [5.41, 5.74) is 3.22. The van der Waals surface area contributed by atoms with E-state index in [-0.39, 0.29) is 37.0 Å². The lowest BCUT2D eigenvalue weighted by Crippen LogP contribution is -2.47. The summed E-state index contributed by atoms with van der Waals surface area (Å²) in [4.78, 5) is 30.1. The van der Waals surface area contributed by atoms with Crippen LogP contribution in [0.3, 0.4) is 0 Å². The summed E-state index contributed by atoms with van der Waals surface area (Å²) in [6.45, 7) is 8.77. The third-order valence-corrected chi connectivity index (χ3v) is 8.11. The molecule has 0 spiro atoms. The van der Waals surface area contributed by atoms with E-state index in [0.717, 1.165) is 5.56 Å². The first kappa shape index (κ1) is 31.6. The number of urea groups is 1. The molecule has 0 radical (unpaired) electrons. The zero-order valence-corrected chi connectivity index (χ0v) is 25.9. The molecule has 12 heteroatoms. The predicted octanol–water partition coefficient (Wildman–Crippen LogP) is 5.52. The van der Waals surface area contributed by atoms with Crippen molar-refractivity contribution in [2.45, 2.75) is 52.8 Å². The average Bonchev–Trinajstić information content (AvgIpc) is 3.27. The van der Waals surface area contributed by atoms with E-state index in [1.165, 1.54) is 0 Å². The number of fused-ring (bicyclic) bond motifs is 1. The fraction of sp³-hybridized carbons (Fsp3) is 0.433. The van der Waals surface area contributed by atoms with Crippen molar-refractivity contribution in [1.82, 2.24) is 15.0 Å². The van der Waals surface area contributed by atoms with Crippen LogP contribution in [0, 0.1) is 19.8 Å². The van der Waals surface area contributed by atoms with E-state index in [1.807, 2.05) is 33.0 Å². The number of aryl methyl sites for hydroxylation is 2. The van der Waals surface area contributed by atoms with E-state index in [1.54, 1.807) is 43.0 Å². The van der Waals surface area contributed by atoms with E-state index in [0.29, 0.717) is 63.8 Å². The molecule has 1 aromatic heterocycles. The fourth-order valence-electron chi connectivity index (χ4n) is 4.98. The maximum atomic E-state index is 13.5. The lowest BCUT2D eigenvalue weighted by molar-refractivity contribution is -0.134. The van der Waals surface area contributed by atoms with E-state index >= 15 is 0 Å². The number of nitrogens with zero attached hydrogens (tertiary/aromatic N) is 3. The number of carbonyl (C=O) groups is 2. The fourth-order valence-corrected chi connectivity index (χ4v) is 5.30. The molecule has 3 amide bonds. The lowest BCUT2D eigenvalue weighted by Gasteiger charge is -2.34. The number of amides is 3. The van der Waals surface area contributed by atoms with Crippen LogP contribution in [0.25, 0.3) is 0 Å². The molecule has 0 unspecified atom stereocenters. The Hall–Kier alpha value is -3.31.